The zero-order chi connectivity index (χ0) is 15.2. The molecule has 1 amide bonds. The Bertz CT molecular complexity index is 626. The van der Waals surface area contributed by atoms with Gasteiger partial charge in [0.05, 0.1) is 12.7 Å². The predicted molar refractivity (Wildman–Crippen MR) is 83.1 cm³/mol. The summed E-state index contributed by atoms with van der Waals surface area (Å²) in [6, 6.07) is 12.1. The second kappa shape index (κ2) is 7.22. The van der Waals surface area contributed by atoms with Gasteiger partial charge in [0.25, 0.3) is 5.91 Å². The number of rotatable bonds is 5. The molecule has 0 saturated heterocycles. The van der Waals surface area contributed by atoms with E-state index in [1.807, 2.05) is 24.3 Å². The monoisotopic (exact) mass is 351 g/mol. The van der Waals surface area contributed by atoms with Gasteiger partial charge >= 0.3 is 0 Å². The van der Waals surface area contributed by atoms with Gasteiger partial charge in [-0.25, -0.2) is 4.39 Å². The van der Waals surface area contributed by atoms with Crippen LogP contribution < -0.4 is 10.1 Å². The molecule has 0 fully saturated rings. The Kier molecular flexibility index (Phi) is 5.33. The van der Waals surface area contributed by atoms with Crippen LogP contribution in [-0.4, -0.2) is 19.6 Å². The number of hydrogen-bond acceptors (Lipinski definition) is 2. The van der Waals surface area contributed by atoms with E-state index in [9.17, 15) is 9.18 Å². The minimum atomic E-state index is -0.539. The highest BCUT2D eigenvalue weighted by Crippen LogP contribution is 2.19. The normalized spacial score (nSPS) is 10.2. The fourth-order valence-corrected chi connectivity index (χ4v) is 2.47. The first-order valence-corrected chi connectivity index (χ1v) is 7.26. The second-order valence-corrected chi connectivity index (χ2v) is 5.31. The van der Waals surface area contributed by atoms with Crippen molar-refractivity contribution in [1.29, 1.82) is 0 Å². The maximum atomic E-state index is 13.6. The van der Waals surface area contributed by atoms with Crippen LogP contribution in [0.4, 0.5) is 4.39 Å². The minimum Gasteiger partial charge on any atom is -0.497 e. The predicted octanol–water partition coefficient (Wildman–Crippen LogP) is 3.57. The average molecular weight is 352 g/mol. The Morgan fingerprint density at radius 3 is 2.76 bits per heavy atom. The minimum absolute atomic E-state index is 0.0307. The lowest BCUT2D eigenvalue weighted by atomic mass is 10.1. The van der Waals surface area contributed by atoms with Crippen molar-refractivity contribution in [2.75, 3.05) is 13.7 Å². The largest absolute Gasteiger partial charge is 0.497 e. The fraction of sp³-hybridized carbons (Fsp3) is 0.188. The third-order valence-corrected chi connectivity index (χ3v) is 3.68. The van der Waals surface area contributed by atoms with Gasteiger partial charge in [-0.3, -0.25) is 4.79 Å². The Balaban J connectivity index is 1.95. The number of amides is 1. The summed E-state index contributed by atoms with van der Waals surface area (Å²) in [5.41, 5.74) is 1.07. The van der Waals surface area contributed by atoms with Crippen molar-refractivity contribution in [3.05, 3.63) is 63.9 Å². The van der Waals surface area contributed by atoms with E-state index in [0.717, 1.165) is 11.3 Å². The van der Waals surface area contributed by atoms with Crippen molar-refractivity contribution in [2.24, 2.45) is 0 Å². The molecule has 2 rings (SSSR count). The third kappa shape index (κ3) is 4.04. The highest BCUT2D eigenvalue weighted by molar-refractivity contribution is 9.10. The molecule has 0 aliphatic heterocycles. The van der Waals surface area contributed by atoms with E-state index in [0.29, 0.717) is 17.4 Å². The van der Waals surface area contributed by atoms with Crippen molar-refractivity contribution in [2.45, 2.75) is 6.42 Å². The molecule has 21 heavy (non-hydrogen) atoms. The second-order valence-electron chi connectivity index (χ2n) is 4.45. The smallest absolute Gasteiger partial charge is 0.255 e. The Morgan fingerprint density at radius 2 is 2.05 bits per heavy atom. The first-order valence-electron chi connectivity index (χ1n) is 6.47. The summed E-state index contributed by atoms with van der Waals surface area (Å²) in [7, 11) is 1.61. The molecule has 0 atom stereocenters. The number of ether oxygens (including phenoxy) is 1. The van der Waals surface area contributed by atoms with Gasteiger partial charge in [-0.2, -0.15) is 0 Å². The van der Waals surface area contributed by atoms with Crippen molar-refractivity contribution in [1.82, 2.24) is 5.32 Å². The van der Waals surface area contributed by atoms with Crippen LogP contribution in [0.3, 0.4) is 0 Å². The van der Waals surface area contributed by atoms with E-state index in [2.05, 4.69) is 21.2 Å². The van der Waals surface area contributed by atoms with Gasteiger partial charge in [0.1, 0.15) is 11.6 Å². The lowest BCUT2D eigenvalue weighted by Gasteiger charge is -2.08. The molecule has 0 aliphatic carbocycles. The third-order valence-electron chi connectivity index (χ3n) is 3.02. The maximum absolute atomic E-state index is 13.6. The van der Waals surface area contributed by atoms with Crippen LogP contribution in [0.1, 0.15) is 15.9 Å². The molecule has 0 bridgehead atoms. The fourth-order valence-electron chi connectivity index (χ4n) is 1.95. The molecule has 0 heterocycles. The quantitative estimate of drug-likeness (QED) is 0.894. The molecule has 5 heteroatoms. The lowest BCUT2D eigenvalue weighted by Crippen LogP contribution is -2.27. The van der Waals surface area contributed by atoms with Gasteiger partial charge < -0.3 is 10.1 Å². The highest BCUT2D eigenvalue weighted by atomic mass is 79.9. The molecule has 0 spiro atoms. The summed E-state index contributed by atoms with van der Waals surface area (Å²) in [6.45, 7) is 0.423. The number of nitrogens with one attached hydrogen (secondary N) is 1. The van der Waals surface area contributed by atoms with Crippen molar-refractivity contribution < 1.29 is 13.9 Å². The van der Waals surface area contributed by atoms with Gasteiger partial charge in [0, 0.05) is 11.0 Å². The van der Waals surface area contributed by atoms with Crippen molar-refractivity contribution in [3.63, 3.8) is 0 Å². The maximum Gasteiger partial charge on any atom is 0.255 e. The zero-order valence-electron chi connectivity index (χ0n) is 11.5. The number of halogens is 2. The molecular weight excluding hydrogens is 337 g/mol. The van der Waals surface area contributed by atoms with E-state index >= 15 is 0 Å². The molecule has 3 nitrogen and oxygen atoms in total. The molecule has 1 N–H and O–H groups in total. The molecule has 0 radical (unpaired) electrons. The van der Waals surface area contributed by atoms with Gasteiger partial charge in [-0.1, -0.05) is 18.2 Å². The first-order chi connectivity index (χ1) is 10.1. The molecule has 0 aromatic heterocycles. The summed E-state index contributed by atoms with van der Waals surface area (Å²) < 4.78 is 19.2. The standard InChI is InChI=1S/C16H15BrFNO2/c1-21-12-5-2-4-11(10-12)8-9-19-16(20)15-13(17)6-3-7-14(15)18/h2-7,10H,8-9H2,1H3,(H,19,20). The molecular formula is C16H15BrFNO2. The van der Waals surface area contributed by atoms with E-state index in [1.54, 1.807) is 19.2 Å². The summed E-state index contributed by atoms with van der Waals surface area (Å²) in [4.78, 5) is 12.0. The molecule has 0 aliphatic rings. The Hall–Kier alpha value is -1.88. The molecule has 0 unspecified atom stereocenters. The van der Waals surface area contributed by atoms with E-state index in [1.165, 1.54) is 6.07 Å². The van der Waals surface area contributed by atoms with Gasteiger partial charge in [-0.15, -0.1) is 0 Å². The first kappa shape index (κ1) is 15.5. The lowest BCUT2D eigenvalue weighted by molar-refractivity contribution is 0.0949. The van der Waals surface area contributed by atoms with Crippen LogP contribution in [0.5, 0.6) is 5.75 Å². The van der Waals surface area contributed by atoms with Crippen LogP contribution in [0.25, 0.3) is 0 Å². The van der Waals surface area contributed by atoms with Gasteiger partial charge in [-0.05, 0) is 52.2 Å². The number of carbonyl (C=O) groups is 1. The Labute approximate surface area is 131 Å². The Morgan fingerprint density at radius 1 is 1.29 bits per heavy atom. The van der Waals surface area contributed by atoms with Crippen LogP contribution in [-0.2, 0) is 6.42 Å². The van der Waals surface area contributed by atoms with Crippen LogP contribution in [0, 0.1) is 5.82 Å². The molecule has 0 saturated carbocycles. The summed E-state index contributed by atoms with van der Waals surface area (Å²) in [5, 5.41) is 2.72. The summed E-state index contributed by atoms with van der Waals surface area (Å²) >= 11 is 3.19. The van der Waals surface area contributed by atoms with Gasteiger partial charge in [0.15, 0.2) is 0 Å². The topological polar surface area (TPSA) is 38.3 Å². The van der Waals surface area contributed by atoms with E-state index < -0.39 is 11.7 Å². The molecule has 2 aromatic rings. The average Bonchev–Trinajstić information content (AvgIpc) is 2.47. The van der Waals surface area contributed by atoms with Crippen molar-refractivity contribution >= 4 is 21.8 Å². The zero-order valence-corrected chi connectivity index (χ0v) is 13.1. The van der Waals surface area contributed by atoms with E-state index in [-0.39, 0.29) is 5.56 Å². The summed E-state index contributed by atoms with van der Waals surface area (Å²) in [5.74, 6) is -0.193. The number of hydrogen-bond donors (Lipinski definition) is 1. The number of carbonyl (C=O) groups excluding carboxylic acids is 1. The van der Waals surface area contributed by atoms with Gasteiger partial charge in [0.2, 0.25) is 0 Å². The molecule has 2 aromatic carbocycles. The highest BCUT2D eigenvalue weighted by Gasteiger charge is 2.14. The SMILES string of the molecule is COc1cccc(CCNC(=O)c2c(F)cccc2Br)c1. The number of benzene rings is 2. The summed E-state index contributed by atoms with van der Waals surface area (Å²) in [6.07, 6.45) is 0.648. The van der Waals surface area contributed by atoms with E-state index in [4.69, 9.17) is 4.74 Å². The van der Waals surface area contributed by atoms with Crippen molar-refractivity contribution in [3.8, 4) is 5.75 Å². The van der Waals surface area contributed by atoms with Crippen LogP contribution in [0.15, 0.2) is 46.9 Å². The molecule has 110 valence electrons. The van der Waals surface area contributed by atoms with Crippen LogP contribution in [0.2, 0.25) is 0 Å². The van der Waals surface area contributed by atoms with Crippen LogP contribution >= 0.6 is 15.9 Å². The number of methoxy groups -OCH3 is 1.